The Morgan fingerprint density at radius 3 is 2.39 bits per heavy atom. The summed E-state index contributed by atoms with van der Waals surface area (Å²) in [5, 5.41) is 3.02. The Morgan fingerprint density at radius 1 is 1.03 bits per heavy atom. The summed E-state index contributed by atoms with van der Waals surface area (Å²) in [6.07, 6.45) is 3.77. The second kappa shape index (κ2) is 13.9. The maximum absolute atomic E-state index is 13.2. The zero-order valence-corrected chi connectivity index (χ0v) is 19.9. The third-order valence-electron chi connectivity index (χ3n) is 5.31. The van der Waals surface area contributed by atoms with Gasteiger partial charge in [0.1, 0.15) is 6.04 Å². The minimum atomic E-state index is -0.419. The lowest BCUT2D eigenvalue weighted by Gasteiger charge is -2.30. The molecule has 0 radical (unpaired) electrons. The molecule has 2 aromatic carbocycles. The van der Waals surface area contributed by atoms with Crippen LogP contribution in [0, 0.1) is 6.92 Å². The van der Waals surface area contributed by atoms with E-state index in [2.05, 4.69) is 55.6 Å². The van der Waals surface area contributed by atoms with E-state index >= 15 is 0 Å². The standard InChI is InChI=1S/C26H36N2O2S/c1-4-6-18-27-26(30)24(5-2)28(19-16-22-10-8-7-9-11-22)25(29)17-20-31-23-14-12-21(3)13-15-23/h7-15,24H,4-6,16-20H2,1-3H3,(H,27,30). The molecular formula is C26H36N2O2S. The van der Waals surface area contributed by atoms with Gasteiger partial charge < -0.3 is 10.2 Å². The number of hydrogen-bond acceptors (Lipinski definition) is 3. The van der Waals surface area contributed by atoms with Crippen LogP contribution in [0.5, 0.6) is 0 Å². The van der Waals surface area contributed by atoms with Gasteiger partial charge in [0.15, 0.2) is 0 Å². The van der Waals surface area contributed by atoms with Crippen LogP contribution >= 0.6 is 11.8 Å². The highest BCUT2D eigenvalue weighted by atomic mass is 32.2. The SMILES string of the molecule is CCCCNC(=O)C(CC)N(CCc1ccccc1)C(=O)CCSc1ccc(C)cc1. The topological polar surface area (TPSA) is 49.4 Å². The molecule has 2 rings (SSSR count). The zero-order valence-electron chi connectivity index (χ0n) is 19.1. The predicted octanol–water partition coefficient (Wildman–Crippen LogP) is 5.24. The van der Waals surface area contributed by atoms with E-state index in [9.17, 15) is 9.59 Å². The fourth-order valence-corrected chi connectivity index (χ4v) is 4.28. The van der Waals surface area contributed by atoms with E-state index in [0.717, 1.165) is 19.3 Å². The fraction of sp³-hybridized carbons (Fsp3) is 0.462. The second-order valence-corrected chi connectivity index (χ2v) is 8.97. The monoisotopic (exact) mass is 440 g/mol. The van der Waals surface area contributed by atoms with Crippen molar-refractivity contribution in [2.45, 2.75) is 63.8 Å². The van der Waals surface area contributed by atoms with Crippen molar-refractivity contribution >= 4 is 23.6 Å². The summed E-state index contributed by atoms with van der Waals surface area (Å²) in [6.45, 7) is 7.37. The summed E-state index contributed by atoms with van der Waals surface area (Å²) in [5.41, 5.74) is 2.41. The normalized spacial score (nSPS) is 11.7. The Kier molecular flexibility index (Phi) is 11.2. The summed E-state index contributed by atoms with van der Waals surface area (Å²) in [7, 11) is 0. The maximum atomic E-state index is 13.2. The quantitative estimate of drug-likeness (QED) is 0.342. The van der Waals surface area contributed by atoms with E-state index in [1.54, 1.807) is 16.7 Å². The Bertz CT molecular complexity index is 793. The molecule has 1 N–H and O–H groups in total. The van der Waals surface area contributed by atoms with Crippen molar-refractivity contribution < 1.29 is 9.59 Å². The molecule has 168 valence electrons. The molecule has 0 bridgehead atoms. The van der Waals surface area contributed by atoms with Crippen molar-refractivity contribution in [2.75, 3.05) is 18.8 Å². The minimum Gasteiger partial charge on any atom is -0.354 e. The van der Waals surface area contributed by atoms with Crippen molar-refractivity contribution in [3.63, 3.8) is 0 Å². The molecule has 0 saturated heterocycles. The van der Waals surface area contributed by atoms with Gasteiger partial charge in [-0.3, -0.25) is 9.59 Å². The van der Waals surface area contributed by atoms with Crippen LogP contribution in [0.15, 0.2) is 59.5 Å². The number of rotatable bonds is 13. The number of nitrogens with zero attached hydrogens (tertiary/aromatic N) is 1. The van der Waals surface area contributed by atoms with Crippen LogP contribution < -0.4 is 5.32 Å². The van der Waals surface area contributed by atoms with Gasteiger partial charge in [0.25, 0.3) is 0 Å². The van der Waals surface area contributed by atoms with Gasteiger partial charge in [-0.2, -0.15) is 0 Å². The van der Waals surface area contributed by atoms with Crippen LogP contribution in [-0.2, 0) is 16.0 Å². The molecule has 0 heterocycles. The highest BCUT2D eigenvalue weighted by Gasteiger charge is 2.27. The third kappa shape index (κ3) is 8.78. The van der Waals surface area contributed by atoms with Crippen LogP contribution in [0.2, 0.25) is 0 Å². The Morgan fingerprint density at radius 2 is 1.74 bits per heavy atom. The first-order chi connectivity index (χ1) is 15.0. The molecule has 0 aliphatic carbocycles. The third-order valence-corrected chi connectivity index (χ3v) is 6.32. The van der Waals surface area contributed by atoms with E-state index in [0.29, 0.717) is 31.7 Å². The van der Waals surface area contributed by atoms with Gasteiger partial charge in [-0.1, -0.05) is 68.3 Å². The van der Waals surface area contributed by atoms with Crippen LogP contribution in [0.25, 0.3) is 0 Å². The Hall–Kier alpha value is -2.27. The van der Waals surface area contributed by atoms with Gasteiger partial charge in [0.2, 0.25) is 11.8 Å². The van der Waals surface area contributed by atoms with E-state index in [4.69, 9.17) is 0 Å². The van der Waals surface area contributed by atoms with Gasteiger partial charge >= 0.3 is 0 Å². The van der Waals surface area contributed by atoms with E-state index in [1.165, 1.54) is 16.0 Å². The molecule has 0 aliphatic heterocycles. The average Bonchev–Trinajstić information content (AvgIpc) is 2.78. The number of benzene rings is 2. The summed E-state index contributed by atoms with van der Waals surface area (Å²) >= 11 is 1.69. The summed E-state index contributed by atoms with van der Waals surface area (Å²) in [6, 6.07) is 18.1. The second-order valence-electron chi connectivity index (χ2n) is 7.80. The van der Waals surface area contributed by atoms with E-state index in [1.807, 2.05) is 25.1 Å². The number of carbonyl (C=O) groups excluding carboxylic acids is 2. The van der Waals surface area contributed by atoms with Gasteiger partial charge in [-0.25, -0.2) is 0 Å². The van der Waals surface area contributed by atoms with Crippen molar-refractivity contribution in [1.82, 2.24) is 10.2 Å². The van der Waals surface area contributed by atoms with Crippen LogP contribution in [0.1, 0.15) is 50.7 Å². The lowest BCUT2D eigenvalue weighted by Crippen LogP contribution is -2.50. The van der Waals surface area contributed by atoms with E-state index in [-0.39, 0.29) is 11.8 Å². The molecule has 4 nitrogen and oxygen atoms in total. The van der Waals surface area contributed by atoms with Crippen LogP contribution in [0.4, 0.5) is 0 Å². The first-order valence-electron chi connectivity index (χ1n) is 11.4. The molecule has 2 aromatic rings. The number of thioether (sulfide) groups is 1. The maximum Gasteiger partial charge on any atom is 0.242 e. The molecule has 0 spiro atoms. The van der Waals surface area contributed by atoms with Gasteiger partial charge in [0, 0.05) is 30.2 Å². The summed E-state index contributed by atoms with van der Waals surface area (Å²) < 4.78 is 0. The lowest BCUT2D eigenvalue weighted by atomic mass is 10.1. The van der Waals surface area contributed by atoms with Crippen molar-refractivity contribution in [2.24, 2.45) is 0 Å². The van der Waals surface area contributed by atoms with Gasteiger partial charge in [-0.15, -0.1) is 11.8 Å². The van der Waals surface area contributed by atoms with Gasteiger partial charge in [-0.05, 0) is 43.9 Å². The molecule has 2 amide bonds. The number of aryl methyl sites for hydroxylation is 1. The van der Waals surface area contributed by atoms with E-state index < -0.39 is 6.04 Å². The molecule has 31 heavy (non-hydrogen) atoms. The number of nitrogens with one attached hydrogen (secondary N) is 1. The summed E-state index contributed by atoms with van der Waals surface area (Å²) in [4.78, 5) is 29.0. The zero-order chi connectivity index (χ0) is 22.5. The lowest BCUT2D eigenvalue weighted by molar-refractivity contribution is -0.140. The molecular weight excluding hydrogens is 404 g/mol. The smallest absolute Gasteiger partial charge is 0.242 e. The molecule has 0 fully saturated rings. The van der Waals surface area contributed by atoms with Gasteiger partial charge in [0.05, 0.1) is 0 Å². The Balaban J connectivity index is 2.02. The largest absolute Gasteiger partial charge is 0.354 e. The first kappa shape index (κ1) is 25.0. The van der Waals surface area contributed by atoms with Crippen molar-refractivity contribution in [1.29, 1.82) is 0 Å². The fourth-order valence-electron chi connectivity index (χ4n) is 3.44. The highest BCUT2D eigenvalue weighted by molar-refractivity contribution is 7.99. The minimum absolute atomic E-state index is 0.0384. The molecule has 1 atom stereocenters. The average molecular weight is 441 g/mol. The highest BCUT2D eigenvalue weighted by Crippen LogP contribution is 2.20. The number of hydrogen-bond donors (Lipinski definition) is 1. The first-order valence-corrected chi connectivity index (χ1v) is 12.3. The predicted molar refractivity (Wildman–Crippen MR) is 130 cm³/mol. The molecule has 0 saturated carbocycles. The van der Waals surface area contributed by atoms with Crippen molar-refractivity contribution in [3.8, 4) is 0 Å². The van der Waals surface area contributed by atoms with Crippen molar-refractivity contribution in [3.05, 3.63) is 65.7 Å². The van der Waals surface area contributed by atoms with Crippen LogP contribution in [-0.4, -0.2) is 41.6 Å². The number of unbranched alkanes of at least 4 members (excludes halogenated alkanes) is 1. The molecule has 0 aliphatic rings. The number of carbonyl (C=O) groups is 2. The number of amides is 2. The molecule has 1 unspecified atom stereocenters. The van der Waals surface area contributed by atoms with Crippen LogP contribution in [0.3, 0.4) is 0 Å². The molecule has 0 aromatic heterocycles. The summed E-state index contributed by atoms with van der Waals surface area (Å²) in [5.74, 6) is 0.717. The molecule has 5 heteroatoms. The Labute approximate surface area is 191 Å².